The molecule has 1 aliphatic heterocycles. The maximum absolute atomic E-state index is 13.3. The van der Waals surface area contributed by atoms with Crippen LogP contribution in [0.2, 0.25) is 0 Å². The number of nitrogens with one attached hydrogen (secondary N) is 1. The van der Waals surface area contributed by atoms with Gasteiger partial charge >= 0.3 is 0 Å². The number of hydrogen-bond acceptors (Lipinski definition) is 4. The summed E-state index contributed by atoms with van der Waals surface area (Å²) in [6.45, 7) is 5.43. The van der Waals surface area contributed by atoms with E-state index in [1.54, 1.807) is 24.3 Å². The highest BCUT2D eigenvalue weighted by molar-refractivity contribution is 6.08. The second-order valence-electron chi connectivity index (χ2n) is 11.2. The zero-order valence-corrected chi connectivity index (χ0v) is 25.1. The Morgan fingerprint density at radius 3 is 2.18 bits per heavy atom. The van der Waals surface area contributed by atoms with Gasteiger partial charge in [0.1, 0.15) is 0 Å². The molecule has 228 valence electrons. The Labute approximate surface area is 258 Å². The third-order valence-electron chi connectivity index (χ3n) is 8.23. The Hall–Kier alpha value is -4.36. The van der Waals surface area contributed by atoms with E-state index in [1.165, 1.54) is 12.1 Å². The van der Waals surface area contributed by atoms with Crippen LogP contribution in [0.3, 0.4) is 0 Å². The van der Waals surface area contributed by atoms with E-state index < -0.39 is 6.43 Å². The zero-order valence-electron chi connectivity index (χ0n) is 25.1. The molecule has 1 amide bonds. The summed E-state index contributed by atoms with van der Waals surface area (Å²) < 4.78 is 26.0. The SMILES string of the molecule is CCCCC(=O)C(c1ccccc1)N1CCCN(c2ccc(NC(=O)c3ccccc3-c3ccc(C(F)F)cc3)cc2)CC1. The monoisotopic (exact) mass is 595 g/mol. The second kappa shape index (κ2) is 14.9. The fourth-order valence-corrected chi connectivity index (χ4v) is 5.87. The van der Waals surface area contributed by atoms with E-state index >= 15 is 0 Å². The lowest BCUT2D eigenvalue weighted by Crippen LogP contribution is -2.37. The predicted octanol–water partition coefficient (Wildman–Crippen LogP) is 8.56. The number of benzene rings is 4. The minimum absolute atomic E-state index is 0.0515. The van der Waals surface area contributed by atoms with Gasteiger partial charge in [-0.15, -0.1) is 0 Å². The van der Waals surface area contributed by atoms with Crippen molar-refractivity contribution in [3.8, 4) is 11.1 Å². The number of amides is 1. The molecule has 1 N–H and O–H groups in total. The predicted molar refractivity (Wildman–Crippen MR) is 173 cm³/mol. The van der Waals surface area contributed by atoms with Gasteiger partial charge < -0.3 is 10.2 Å². The Balaban J connectivity index is 1.24. The molecule has 1 aliphatic rings. The standard InChI is InChI=1S/C37H39F2N3O2/c1-2-3-14-34(43)35(28-10-5-4-6-11-28)42-24-9-23-41(25-26-42)31-21-19-30(20-22-31)40-37(44)33-13-8-7-12-32(33)27-15-17-29(18-16-27)36(38)39/h4-8,10-13,15-22,35-36H,2-3,9,14,23-26H2,1H3,(H,40,44). The number of carbonyl (C=O) groups is 2. The van der Waals surface area contributed by atoms with Gasteiger partial charge in [0.05, 0.1) is 6.04 Å². The summed E-state index contributed by atoms with van der Waals surface area (Å²) in [6.07, 6.45) is 0.910. The van der Waals surface area contributed by atoms with Crippen LogP contribution >= 0.6 is 0 Å². The quantitative estimate of drug-likeness (QED) is 0.189. The zero-order chi connectivity index (χ0) is 30.9. The summed E-state index contributed by atoms with van der Waals surface area (Å²) in [5.74, 6) is 0.0229. The van der Waals surface area contributed by atoms with Crippen molar-refractivity contribution >= 4 is 23.1 Å². The van der Waals surface area contributed by atoms with Gasteiger partial charge in [0.2, 0.25) is 0 Å². The molecule has 0 aromatic heterocycles. The highest BCUT2D eigenvalue weighted by Crippen LogP contribution is 2.29. The van der Waals surface area contributed by atoms with Crippen molar-refractivity contribution in [1.82, 2.24) is 4.90 Å². The number of unbranched alkanes of at least 4 members (excludes halogenated alkanes) is 1. The van der Waals surface area contributed by atoms with Crippen molar-refractivity contribution in [1.29, 1.82) is 0 Å². The van der Waals surface area contributed by atoms with Crippen molar-refractivity contribution in [3.05, 3.63) is 120 Å². The van der Waals surface area contributed by atoms with E-state index in [9.17, 15) is 18.4 Å². The molecule has 44 heavy (non-hydrogen) atoms. The molecule has 0 bridgehead atoms. The van der Waals surface area contributed by atoms with Crippen molar-refractivity contribution in [3.63, 3.8) is 0 Å². The fraction of sp³-hybridized carbons (Fsp3) is 0.297. The molecule has 5 rings (SSSR count). The Morgan fingerprint density at radius 1 is 0.773 bits per heavy atom. The Morgan fingerprint density at radius 2 is 1.48 bits per heavy atom. The van der Waals surface area contributed by atoms with Crippen LogP contribution < -0.4 is 10.2 Å². The number of ketones is 1. The van der Waals surface area contributed by atoms with Crippen LogP contribution in [0.1, 0.15) is 66.6 Å². The van der Waals surface area contributed by atoms with Gasteiger partial charge in [-0.3, -0.25) is 14.5 Å². The average Bonchev–Trinajstić information content (AvgIpc) is 3.31. The molecule has 0 aliphatic carbocycles. The summed E-state index contributed by atoms with van der Waals surface area (Å²) >= 11 is 0. The lowest BCUT2D eigenvalue weighted by atomic mass is 9.97. The summed E-state index contributed by atoms with van der Waals surface area (Å²) in [5.41, 5.74) is 4.60. The van der Waals surface area contributed by atoms with E-state index in [0.29, 0.717) is 34.6 Å². The van der Waals surface area contributed by atoms with Crippen LogP contribution in [-0.2, 0) is 4.79 Å². The van der Waals surface area contributed by atoms with Crippen LogP contribution in [0.5, 0.6) is 0 Å². The number of Topliss-reactive ketones (excluding diaryl/α,β-unsaturated/α-hetero) is 1. The second-order valence-corrected chi connectivity index (χ2v) is 11.2. The third-order valence-corrected chi connectivity index (χ3v) is 8.23. The average molecular weight is 596 g/mol. The van der Waals surface area contributed by atoms with Gasteiger partial charge in [-0.2, -0.15) is 0 Å². The maximum atomic E-state index is 13.3. The fourth-order valence-electron chi connectivity index (χ4n) is 5.87. The van der Waals surface area contributed by atoms with E-state index in [1.807, 2.05) is 54.6 Å². The summed E-state index contributed by atoms with van der Waals surface area (Å²) in [6, 6.07) is 30.9. The van der Waals surface area contributed by atoms with Crippen molar-refractivity contribution in [2.75, 3.05) is 36.4 Å². The number of anilines is 2. The molecule has 0 radical (unpaired) electrons. The molecule has 0 spiro atoms. The number of rotatable bonds is 11. The molecular formula is C37H39F2N3O2. The van der Waals surface area contributed by atoms with Gasteiger partial charge in [0.15, 0.2) is 5.78 Å². The van der Waals surface area contributed by atoms with Crippen molar-refractivity contribution in [2.45, 2.75) is 45.1 Å². The Bertz CT molecular complexity index is 1520. The first-order valence-electron chi connectivity index (χ1n) is 15.4. The minimum Gasteiger partial charge on any atom is -0.370 e. The number of halogens is 2. The highest BCUT2D eigenvalue weighted by atomic mass is 19.3. The molecule has 1 fully saturated rings. The molecular weight excluding hydrogens is 556 g/mol. The summed E-state index contributed by atoms with van der Waals surface area (Å²) in [7, 11) is 0. The smallest absolute Gasteiger partial charge is 0.263 e. The topological polar surface area (TPSA) is 52.7 Å². The van der Waals surface area contributed by atoms with Gasteiger partial charge in [0, 0.05) is 55.1 Å². The maximum Gasteiger partial charge on any atom is 0.263 e. The van der Waals surface area contributed by atoms with E-state index in [4.69, 9.17) is 0 Å². The normalized spacial score (nSPS) is 14.7. The minimum atomic E-state index is -2.54. The van der Waals surface area contributed by atoms with Crippen LogP contribution in [0.4, 0.5) is 20.2 Å². The molecule has 4 aromatic rings. The molecule has 7 heteroatoms. The third kappa shape index (κ3) is 7.58. The highest BCUT2D eigenvalue weighted by Gasteiger charge is 2.28. The van der Waals surface area contributed by atoms with E-state index in [2.05, 4.69) is 34.2 Å². The van der Waals surface area contributed by atoms with Crippen molar-refractivity contribution in [2.24, 2.45) is 0 Å². The van der Waals surface area contributed by atoms with Gasteiger partial charge in [-0.05, 0) is 59.9 Å². The molecule has 1 saturated heterocycles. The number of hydrogen-bond donors (Lipinski definition) is 1. The molecule has 4 aromatic carbocycles. The molecule has 1 heterocycles. The van der Waals surface area contributed by atoms with E-state index in [0.717, 1.165) is 56.7 Å². The van der Waals surface area contributed by atoms with E-state index in [-0.39, 0.29) is 17.5 Å². The number of carbonyl (C=O) groups excluding carboxylic acids is 2. The number of alkyl halides is 2. The molecule has 5 nitrogen and oxygen atoms in total. The number of nitrogens with zero attached hydrogens (tertiary/aromatic N) is 2. The first kappa shape index (κ1) is 31.1. The lowest BCUT2D eigenvalue weighted by molar-refractivity contribution is -0.124. The first-order chi connectivity index (χ1) is 21.4. The van der Waals surface area contributed by atoms with Crippen LogP contribution in [0.15, 0.2) is 103 Å². The molecule has 0 saturated carbocycles. The van der Waals surface area contributed by atoms with Gasteiger partial charge in [-0.1, -0.05) is 86.1 Å². The largest absolute Gasteiger partial charge is 0.370 e. The van der Waals surface area contributed by atoms with Crippen LogP contribution in [0, 0.1) is 0 Å². The van der Waals surface area contributed by atoms with Crippen LogP contribution in [-0.4, -0.2) is 42.8 Å². The lowest BCUT2D eigenvalue weighted by Gasteiger charge is -2.30. The molecule has 1 atom stereocenters. The van der Waals surface area contributed by atoms with Crippen molar-refractivity contribution < 1.29 is 18.4 Å². The van der Waals surface area contributed by atoms with Gasteiger partial charge in [-0.25, -0.2) is 8.78 Å². The van der Waals surface area contributed by atoms with Gasteiger partial charge in [0.25, 0.3) is 12.3 Å². The first-order valence-corrected chi connectivity index (χ1v) is 15.4. The summed E-state index contributed by atoms with van der Waals surface area (Å²) in [5, 5.41) is 2.99. The Kier molecular flexibility index (Phi) is 10.5. The molecule has 1 unspecified atom stereocenters. The van der Waals surface area contributed by atoms with Crippen LogP contribution in [0.25, 0.3) is 11.1 Å². The summed E-state index contributed by atoms with van der Waals surface area (Å²) in [4.78, 5) is 31.3.